The lowest BCUT2D eigenvalue weighted by Crippen LogP contribution is -2.48. The molecule has 4 heteroatoms. The largest absolute Gasteiger partial charge is 0.351 e. The maximum atomic E-state index is 13.4. The van der Waals surface area contributed by atoms with Crippen LogP contribution in [0.2, 0.25) is 0 Å². The highest BCUT2D eigenvalue weighted by atomic mass is 19.1. The second-order valence-electron chi connectivity index (χ2n) is 5.12. The van der Waals surface area contributed by atoms with Crippen molar-refractivity contribution in [2.24, 2.45) is 5.41 Å². The molecular formula is C14H19FN2O. The van der Waals surface area contributed by atoms with Crippen molar-refractivity contribution < 1.29 is 9.18 Å². The van der Waals surface area contributed by atoms with E-state index >= 15 is 0 Å². The Morgan fingerprint density at radius 3 is 2.94 bits per heavy atom. The number of piperidine rings is 1. The van der Waals surface area contributed by atoms with Gasteiger partial charge in [-0.2, -0.15) is 0 Å². The molecule has 0 spiro atoms. The van der Waals surface area contributed by atoms with Crippen LogP contribution in [0.15, 0.2) is 24.3 Å². The molecule has 2 rings (SSSR count). The Morgan fingerprint density at radius 1 is 1.50 bits per heavy atom. The van der Waals surface area contributed by atoms with Gasteiger partial charge in [0.1, 0.15) is 5.82 Å². The third kappa shape index (κ3) is 2.88. The number of nitrogens with one attached hydrogen (secondary N) is 2. The van der Waals surface area contributed by atoms with Crippen molar-refractivity contribution in [2.75, 3.05) is 13.1 Å². The molecule has 1 saturated heterocycles. The molecule has 1 atom stereocenters. The average molecular weight is 250 g/mol. The molecular weight excluding hydrogens is 231 g/mol. The summed E-state index contributed by atoms with van der Waals surface area (Å²) < 4.78 is 13.4. The Balaban J connectivity index is 1.94. The summed E-state index contributed by atoms with van der Waals surface area (Å²) in [6, 6.07) is 6.52. The van der Waals surface area contributed by atoms with Crippen LogP contribution in [0.1, 0.15) is 25.3 Å². The summed E-state index contributed by atoms with van der Waals surface area (Å²) in [5.74, 6) is -0.275. The third-order valence-electron chi connectivity index (χ3n) is 3.54. The minimum atomic E-state index is -0.372. The number of hydrogen-bond donors (Lipinski definition) is 2. The number of rotatable bonds is 3. The molecule has 2 N–H and O–H groups in total. The van der Waals surface area contributed by atoms with Crippen molar-refractivity contribution in [3.05, 3.63) is 35.6 Å². The molecule has 0 aromatic heterocycles. The van der Waals surface area contributed by atoms with Gasteiger partial charge in [0.15, 0.2) is 0 Å². The van der Waals surface area contributed by atoms with Crippen LogP contribution in [0.3, 0.4) is 0 Å². The van der Waals surface area contributed by atoms with Gasteiger partial charge >= 0.3 is 0 Å². The van der Waals surface area contributed by atoms with Gasteiger partial charge in [0.2, 0.25) is 5.91 Å². The SMILES string of the molecule is CC1(C(=O)NCc2ccccc2F)CCCNC1. The Labute approximate surface area is 107 Å². The van der Waals surface area contributed by atoms with Crippen molar-refractivity contribution in [1.29, 1.82) is 0 Å². The maximum Gasteiger partial charge on any atom is 0.227 e. The number of benzene rings is 1. The second-order valence-corrected chi connectivity index (χ2v) is 5.12. The third-order valence-corrected chi connectivity index (χ3v) is 3.54. The van der Waals surface area contributed by atoms with Crippen molar-refractivity contribution in [2.45, 2.75) is 26.3 Å². The molecule has 1 unspecified atom stereocenters. The first-order valence-electron chi connectivity index (χ1n) is 6.34. The van der Waals surface area contributed by atoms with Crippen LogP contribution in [-0.4, -0.2) is 19.0 Å². The predicted molar refractivity (Wildman–Crippen MR) is 68.5 cm³/mol. The first kappa shape index (κ1) is 13.0. The van der Waals surface area contributed by atoms with E-state index in [-0.39, 0.29) is 23.7 Å². The van der Waals surface area contributed by atoms with E-state index in [0.717, 1.165) is 19.4 Å². The summed E-state index contributed by atoms with van der Waals surface area (Å²) in [6.07, 6.45) is 1.88. The smallest absolute Gasteiger partial charge is 0.227 e. The van der Waals surface area contributed by atoms with E-state index < -0.39 is 0 Å². The Bertz CT molecular complexity index is 428. The fraction of sp³-hybridized carbons (Fsp3) is 0.500. The van der Waals surface area contributed by atoms with Crippen molar-refractivity contribution in [3.8, 4) is 0 Å². The number of amides is 1. The topological polar surface area (TPSA) is 41.1 Å². The van der Waals surface area contributed by atoms with Crippen LogP contribution in [0.25, 0.3) is 0 Å². The normalized spacial score (nSPS) is 23.7. The van der Waals surface area contributed by atoms with Crippen molar-refractivity contribution in [3.63, 3.8) is 0 Å². The molecule has 1 aliphatic rings. The fourth-order valence-electron chi connectivity index (χ4n) is 2.28. The second kappa shape index (κ2) is 5.48. The highest BCUT2D eigenvalue weighted by Crippen LogP contribution is 2.25. The zero-order valence-corrected chi connectivity index (χ0v) is 10.6. The van der Waals surface area contributed by atoms with Gasteiger partial charge in [-0.1, -0.05) is 18.2 Å². The molecule has 0 saturated carbocycles. The van der Waals surface area contributed by atoms with E-state index in [9.17, 15) is 9.18 Å². The molecule has 98 valence electrons. The first-order valence-corrected chi connectivity index (χ1v) is 6.34. The van der Waals surface area contributed by atoms with Gasteiger partial charge in [0.05, 0.1) is 5.41 Å². The van der Waals surface area contributed by atoms with E-state index in [0.29, 0.717) is 12.1 Å². The molecule has 0 aliphatic carbocycles. The standard InChI is InChI=1S/C14H19FN2O/c1-14(7-4-8-16-10-14)13(18)17-9-11-5-2-3-6-12(11)15/h2-3,5-6,16H,4,7-10H2,1H3,(H,17,18). The van der Waals surface area contributed by atoms with Crippen LogP contribution in [0.4, 0.5) is 4.39 Å². The lowest BCUT2D eigenvalue weighted by molar-refractivity contribution is -0.131. The monoisotopic (exact) mass is 250 g/mol. The van der Waals surface area contributed by atoms with E-state index in [1.165, 1.54) is 6.07 Å². The van der Waals surface area contributed by atoms with E-state index in [1.54, 1.807) is 18.2 Å². The summed E-state index contributed by atoms with van der Waals surface area (Å²) in [6.45, 7) is 3.86. The molecule has 1 aromatic rings. The zero-order chi connectivity index (χ0) is 13.0. The van der Waals surface area contributed by atoms with Gasteiger partial charge in [-0.3, -0.25) is 4.79 Å². The Hall–Kier alpha value is -1.42. The number of halogens is 1. The van der Waals surface area contributed by atoms with Crippen molar-refractivity contribution >= 4 is 5.91 Å². The highest BCUT2D eigenvalue weighted by Gasteiger charge is 2.34. The van der Waals surface area contributed by atoms with Crippen molar-refractivity contribution in [1.82, 2.24) is 10.6 Å². The van der Waals surface area contributed by atoms with Gasteiger partial charge in [0, 0.05) is 18.7 Å². The average Bonchev–Trinajstić information content (AvgIpc) is 2.38. The van der Waals surface area contributed by atoms with Crippen LogP contribution in [0.5, 0.6) is 0 Å². The molecule has 1 fully saturated rings. The molecule has 1 amide bonds. The maximum absolute atomic E-state index is 13.4. The number of carbonyl (C=O) groups excluding carboxylic acids is 1. The summed E-state index contributed by atoms with van der Waals surface area (Å²) in [5, 5.41) is 6.06. The van der Waals surface area contributed by atoms with Crippen LogP contribution < -0.4 is 10.6 Å². The highest BCUT2D eigenvalue weighted by molar-refractivity contribution is 5.82. The first-order chi connectivity index (χ1) is 8.62. The van der Waals surface area contributed by atoms with E-state index in [1.807, 2.05) is 6.92 Å². The van der Waals surface area contributed by atoms with Gasteiger partial charge in [-0.25, -0.2) is 4.39 Å². The van der Waals surface area contributed by atoms with E-state index in [2.05, 4.69) is 10.6 Å². The molecule has 1 heterocycles. The van der Waals surface area contributed by atoms with Gasteiger partial charge in [-0.15, -0.1) is 0 Å². The van der Waals surface area contributed by atoms with Crippen LogP contribution >= 0.6 is 0 Å². The Kier molecular flexibility index (Phi) is 3.97. The summed E-state index contributed by atoms with van der Waals surface area (Å²) in [7, 11) is 0. The van der Waals surface area contributed by atoms with Gasteiger partial charge in [0.25, 0.3) is 0 Å². The minimum Gasteiger partial charge on any atom is -0.351 e. The van der Waals surface area contributed by atoms with E-state index in [4.69, 9.17) is 0 Å². The molecule has 0 radical (unpaired) electrons. The Morgan fingerprint density at radius 2 is 2.28 bits per heavy atom. The zero-order valence-electron chi connectivity index (χ0n) is 10.6. The molecule has 18 heavy (non-hydrogen) atoms. The van der Waals surface area contributed by atoms with Gasteiger partial charge < -0.3 is 10.6 Å². The molecule has 1 aromatic carbocycles. The number of hydrogen-bond acceptors (Lipinski definition) is 2. The molecule has 0 bridgehead atoms. The predicted octanol–water partition coefficient (Wildman–Crippen LogP) is 1.83. The van der Waals surface area contributed by atoms with Gasteiger partial charge in [-0.05, 0) is 32.4 Å². The van der Waals surface area contributed by atoms with Crippen LogP contribution in [0, 0.1) is 11.2 Å². The van der Waals surface area contributed by atoms with Crippen LogP contribution in [-0.2, 0) is 11.3 Å². The quantitative estimate of drug-likeness (QED) is 0.859. The minimum absolute atomic E-state index is 0.00190. The molecule has 3 nitrogen and oxygen atoms in total. The number of carbonyl (C=O) groups is 1. The summed E-state index contributed by atoms with van der Waals surface area (Å²) in [5.41, 5.74) is 0.155. The lowest BCUT2D eigenvalue weighted by atomic mass is 9.82. The summed E-state index contributed by atoms with van der Waals surface area (Å²) >= 11 is 0. The summed E-state index contributed by atoms with van der Waals surface area (Å²) in [4.78, 5) is 12.1. The molecule has 1 aliphatic heterocycles. The fourth-order valence-corrected chi connectivity index (χ4v) is 2.28. The lowest BCUT2D eigenvalue weighted by Gasteiger charge is -2.32.